The Hall–Kier alpha value is -1.68. The van der Waals surface area contributed by atoms with Crippen molar-refractivity contribution in [2.24, 2.45) is 0 Å². The molecule has 0 bridgehead atoms. The maximum absolute atomic E-state index is 5.03. The molecule has 0 amide bonds. The van der Waals surface area contributed by atoms with Crippen LogP contribution in [-0.2, 0) is 6.54 Å². The molecule has 0 aliphatic heterocycles. The van der Waals surface area contributed by atoms with E-state index in [4.69, 9.17) is 4.42 Å². The molecule has 0 atom stereocenters. The number of hydrogen-bond donors (Lipinski definition) is 1. The van der Waals surface area contributed by atoms with E-state index in [1.807, 2.05) is 19.2 Å². The minimum absolute atomic E-state index is 0.461. The first-order valence-electron chi connectivity index (χ1n) is 5.75. The largest absolute Gasteiger partial charge is 0.472 e. The Labute approximate surface area is 101 Å². The molecule has 4 heteroatoms. The van der Waals surface area contributed by atoms with E-state index in [2.05, 4.69) is 29.1 Å². The molecule has 2 heterocycles. The molecule has 90 valence electrons. The summed E-state index contributed by atoms with van der Waals surface area (Å²) in [7, 11) is 0. The smallest absolute Gasteiger partial charge is 0.162 e. The third kappa shape index (κ3) is 2.91. The third-order valence-electron chi connectivity index (χ3n) is 2.56. The number of nitrogens with zero attached hydrogens (tertiary/aromatic N) is 2. The molecule has 0 aliphatic rings. The lowest BCUT2D eigenvalue weighted by Crippen LogP contribution is -2.22. The lowest BCUT2D eigenvalue weighted by Gasteiger charge is -2.10. The van der Waals surface area contributed by atoms with Gasteiger partial charge >= 0.3 is 0 Å². The van der Waals surface area contributed by atoms with Crippen LogP contribution in [0.5, 0.6) is 0 Å². The third-order valence-corrected chi connectivity index (χ3v) is 2.56. The van der Waals surface area contributed by atoms with Gasteiger partial charge in [-0.15, -0.1) is 0 Å². The van der Waals surface area contributed by atoms with Crippen molar-refractivity contribution in [1.29, 1.82) is 0 Å². The van der Waals surface area contributed by atoms with E-state index in [1.165, 1.54) is 0 Å². The Bertz CT molecular complexity index is 477. The fourth-order valence-corrected chi connectivity index (χ4v) is 1.51. The average Bonchev–Trinajstić information content (AvgIpc) is 2.80. The highest BCUT2D eigenvalue weighted by atomic mass is 16.3. The molecule has 2 aromatic rings. The molecule has 4 nitrogen and oxygen atoms in total. The number of aromatic nitrogens is 2. The molecule has 0 unspecified atom stereocenters. The first kappa shape index (κ1) is 11.8. The van der Waals surface area contributed by atoms with Gasteiger partial charge in [-0.05, 0) is 13.0 Å². The summed E-state index contributed by atoms with van der Waals surface area (Å²) in [5.41, 5.74) is 3.05. The van der Waals surface area contributed by atoms with Crippen LogP contribution in [0.15, 0.2) is 29.2 Å². The molecule has 17 heavy (non-hydrogen) atoms. The molecular weight excluding hydrogens is 214 g/mol. The SMILES string of the molecule is Cc1nc(-c2ccoc2)ncc1CNC(C)C. The molecule has 2 aromatic heterocycles. The van der Waals surface area contributed by atoms with E-state index in [1.54, 1.807) is 12.5 Å². The Kier molecular flexibility index (Phi) is 3.54. The summed E-state index contributed by atoms with van der Waals surface area (Å²) in [6, 6.07) is 2.32. The fourth-order valence-electron chi connectivity index (χ4n) is 1.51. The van der Waals surface area contributed by atoms with Crippen LogP contribution in [-0.4, -0.2) is 16.0 Å². The predicted molar refractivity (Wildman–Crippen MR) is 66.4 cm³/mol. The highest BCUT2D eigenvalue weighted by Gasteiger charge is 2.06. The highest BCUT2D eigenvalue weighted by Crippen LogP contribution is 2.16. The van der Waals surface area contributed by atoms with Gasteiger partial charge < -0.3 is 9.73 Å². The van der Waals surface area contributed by atoms with Gasteiger partial charge in [0.1, 0.15) is 6.26 Å². The van der Waals surface area contributed by atoms with Crippen LogP contribution in [0, 0.1) is 6.92 Å². The van der Waals surface area contributed by atoms with Gasteiger partial charge in [0.2, 0.25) is 0 Å². The summed E-state index contributed by atoms with van der Waals surface area (Å²) in [5, 5.41) is 3.36. The van der Waals surface area contributed by atoms with Crippen molar-refractivity contribution in [3.63, 3.8) is 0 Å². The molecule has 0 saturated carbocycles. The Morgan fingerprint density at radius 2 is 2.24 bits per heavy atom. The minimum atomic E-state index is 0.461. The molecule has 0 spiro atoms. The number of furan rings is 1. The van der Waals surface area contributed by atoms with E-state index in [0.29, 0.717) is 11.9 Å². The zero-order valence-electron chi connectivity index (χ0n) is 10.4. The van der Waals surface area contributed by atoms with E-state index in [9.17, 15) is 0 Å². The van der Waals surface area contributed by atoms with Gasteiger partial charge in [0.25, 0.3) is 0 Å². The van der Waals surface area contributed by atoms with Gasteiger partial charge in [0, 0.05) is 30.0 Å². The zero-order chi connectivity index (χ0) is 12.3. The maximum Gasteiger partial charge on any atom is 0.162 e. The lowest BCUT2D eigenvalue weighted by molar-refractivity contribution is 0.568. The van der Waals surface area contributed by atoms with Crippen molar-refractivity contribution in [2.75, 3.05) is 0 Å². The van der Waals surface area contributed by atoms with Gasteiger partial charge in [0.05, 0.1) is 11.8 Å². The van der Waals surface area contributed by atoms with Gasteiger partial charge in [-0.1, -0.05) is 13.8 Å². The second-order valence-corrected chi connectivity index (χ2v) is 4.35. The molecule has 0 fully saturated rings. The summed E-state index contributed by atoms with van der Waals surface area (Å²) < 4.78 is 5.03. The van der Waals surface area contributed by atoms with Crippen LogP contribution < -0.4 is 5.32 Å². The molecular formula is C13H17N3O. The van der Waals surface area contributed by atoms with Gasteiger partial charge in [-0.3, -0.25) is 0 Å². The average molecular weight is 231 g/mol. The molecule has 0 aliphatic carbocycles. The van der Waals surface area contributed by atoms with E-state index < -0.39 is 0 Å². The van der Waals surface area contributed by atoms with Crippen LogP contribution in [0.25, 0.3) is 11.4 Å². The second kappa shape index (κ2) is 5.10. The van der Waals surface area contributed by atoms with E-state index >= 15 is 0 Å². The van der Waals surface area contributed by atoms with Crippen molar-refractivity contribution in [3.8, 4) is 11.4 Å². The Balaban J connectivity index is 2.17. The summed E-state index contributed by atoms with van der Waals surface area (Å²) in [4.78, 5) is 8.83. The van der Waals surface area contributed by atoms with Crippen molar-refractivity contribution < 1.29 is 4.42 Å². The molecule has 2 rings (SSSR count). The number of hydrogen-bond acceptors (Lipinski definition) is 4. The fraction of sp³-hybridized carbons (Fsp3) is 0.385. The van der Waals surface area contributed by atoms with Crippen LogP contribution in [0.4, 0.5) is 0 Å². The van der Waals surface area contributed by atoms with Crippen molar-refractivity contribution in [3.05, 3.63) is 36.0 Å². The summed E-state index contributed by atoms with van der Waals surface area (Å²) >= 11 is 0. The zero-order valence-corrected chi connectivity index (χ0v) is 10.4. The quantitative estimate of drug-likeness (QED) is 0.878. The minimum Gasteiger partial charge on any atom is -0.472 e. The highest BCUT2D eigenvalue weighted by molar-refractivity contribution is 5.52. The molecule has 1 N–H and O–H groups in total. The lowest BCUT2D eigenvalue weighted by atomic mass is 10.2. The van der Waals surface area contributed by atoms with Crippen LogP contribution in [0.3, 0.4) is 0 Å². The molecule has 0 aromatic carbocycles. The molecule has 0 saturated heterocycles. The standard InChI is InChI=1S/C13H17N3O/c1-9(2)14-6-12-7-15-13(16-10(12)3)11-4-5-17-8-11/h4-5,7-9,14H,6H2,1-3H3. The maximum atomic E-state index is 5.03. The number of rotatable bonds is 4. The summed E-state index contributed by atoms with van der Waals surface area (Å²) in [5.74, 6) is 0.713. The van der Waals surface area contributed by atoms with Crippen molar-refractivity contribution in [1.82, 2.24) is 15.3 Å². The van der Waals surface area contributed by atoms with Gasteiger partial charge in [-0.25, -0.2) is 9.97 Å². The first-order chi connectivity index (χ1) is 8.16. The number of nitrogens with one attached hydrogen (secondary N) is 1. The normalized spacial score (nSPS) is 11.1. The predicted octanol–water partition coefficient (Wildman–Crippen LogP) is 2.54. The van der Waals surface area contributed by atoms with Crippen LogP contribution >= 0.6 is 0 Å². The van der Waals surface area contributed by atoms with Gasteiger partial charge in [-0.2, -0.15) is 0 Å². The van der Waals surface area contributed by atoms with E-state index in [-0.39, 0.29) is 0 Å². The monoisotopic (exact) mass is 231 g/mol. The van der Waals surface area contributed by atoms with E-state index in [0.717, 1.165) is 23.4 Å². The second-order valence-electron chi connectivity index (χ2n) is 4.35. The Morgan fingerprint density at radius 1 is 1.41 bits per heavy atom. The number of aryl methyl sites for hydroxylation is 1. The summed E-state index contributed by atoms with van der Waals surface area (Å²) in [6.07, 6.45) is 5.16. The van der Waals surface area contributed by atoms with Gasteiger partial charge in [0.15, 0.2) is 5.82 Å². The van der Waals surface area contributed by atoms with Crippen LogP contribution in [0.2, 0.25) is 0 Å². The van der Waals surface area contributed by atoms with Crippen molar-refractivity contribution >= 4 is 0 Å². The first-order valence-corrected chi connectivity index (χ1v) is 5.75. The van der Waals surface area contributed by atoms with Crippen molar-refractivity contribution in [2.45, 2.75) is 33.4 Å². The summed E-state index contributed by atoms with van der Waals surface area (Å²) in [6.45, 7) is 7.05. The Morgan fingerprint density at radius 3 is 2.82 bits per heavy atom. The topological polar surface area (TPSA) is 51.0 Å². The van der Waals surface area contributed by atoms with Crippen LogP contribution in [0.1, 0.15) is 25.1 Å². The molecule has 0 radical (unpaired) electrons.